The first-order chi connectivity index (χ1) is 7.07. The van der Waals surface area contributed by atoms with Crippen LogP contribution in [0.4, 0.5) is 0 Å². The largest absolute Gasteiger partial charge is 0.507 e. The Bertz CT molecular complexity index is 360. The maximum Gasteiger partial charge on any atom is 0.310 e. The van der Waals surface area contributed by atoms with Crippen LogP contribution in [0.3, 0.4) is 0 Å². The molecule has 1 aromatic rings. The molecule has 0 aliphatic heterocycles. The van der Waals surface area contributed by atoms with E-state index in [4.69, 9.17) is 9.84 Å². The molecule has 82 valence electrons. The Morgan fingerprint density at radius 1 is 1.53 bits per heavy atom. The highest BCUT2D eigenvalue weighted by Crippen LogP contribution is 2.29. The summed E-state index contributed by atoms with van der Waals surface area (Å²) in [5.74, 6) is -1.67. The van der Waals surface area contributed by atoms with Gasteiger partial charge in [0.05, 0.1) is 12.5 Å². The van der Waals surface area contributed by atoms with Gasteiger partial charge < -0.3 is 14.9 Å². The van der Waals surface area contributed by atoms with Gasteiger partial charge in [0.15, 0.2) is 0 Å². The first-order valence-corrected chi connectivity index (χ1v) is 4.60. The highest BCUT2D eigenvalue weighted by molar-refractivity contribution is 5.76. The van der Waals surface area contributed by atoms with Gasteiger partial charge in [0.1, 0.15) is 5.75 Å². The third-order valence-electron chi connectivity index (χ3n) is 2.29. The van der Waals surface area contributed by atoms with Gasteiger partial charge in [0.2, 0.25) is 0 Å². The van der Waals surface area contributed by atoms with Crippen molar-refractivity contribution in [2.45, 2.75) is 19.4 Å². The number of methoxy groups -OCH3 is 1. The SMILES string of the molecule is COCc1cccc(C(C)C(=O)O)c1O. The molecule has 0 fully saturated rings. The van der Waals surface area contributed by atoms with Crippen molar-refractivity contribution in [3.8, 4) is 5.75 Å². The lowest BCUT2D eigenvalue weighted by atomic mass is 9.98. The molecule has 1 atom stereocenters. The minimum atomic E-state index is -0.958. The molecule has 0 amide bonds. The molecule has 0 aliphatic rings. The van der Waals surface area contributed by atoms with Crippen LogP contribution in [0.5, 0.6) is 5.75 Å². The first kappa shape index (κ1) is 11.5. The van der Waals surface area contributed by atoms with Crippen LogP contribution in [0.25, 0.3) is 0 Å². The standard InChI is InChI=1S/C11H14O4/c1-7(11(13)14)9-5-3-4-8(6-15-2)10(9)12/h3-5,7,12H,6H2,1-2H3,(H,13,14). The van der Waals surface area contributed by atoms with E-state index < -0.39 is 11.9 Å². The van der Waals surface area contributed by atoms with Crippen molar-refractivity contribution in [2.24, 2.45) is 0 Å². The second-order valence-electron chi connectivity index (χ2n) is 3.35. The zero-order valence-electron chi connectivity index (χ0n) is 8.73. The lowest BCUT2D eigenvalue weighted by Gasteiger charge is -2.12. The van der Waals surface area contributed by atoms with Gasteiger partial charge in [-0.15, -0.1) is 0 Å². The zero-order valence-corrected chi connectivity index (χ0v) is 8.73. The van der Waals surface area contributed by atoms with Gasteiger partial charge >= 0.3 is 5.97 Å². The van der Waals surface area contributed by atoms with E-state index in [0.717, 1.165) is 0 Å². The average molecular weight is 210 g/mol. The molecule has 0 heterocycles. The summed E-state index contributed by atoms with van der Waals surface area (Å²) in [4.78, 5) is 10.8. The summed E-state index contributed by atoms with van der Waals surface area (Å²) >= 11 is 0. The van der Waals surface area contributed by atoms with Crippen molar-refractivity contribution in [1.29, 1.82) is 0 Å². The molecule has 0 aromatic heterocycles. The van der Waals surface area contributed by atoms with Gasteiger partial charge in [-0.2, -0.15) is 0 Å². The number of phenolic OH excluding ortho intramolecular Hbond substituents is 1. The van der Waals surface area contributed by atoms with E-state index in [9.17, 15) is 9.90 Å². The molecule has 4 heteroatoms. The van der Waals surface area contributed by atoms with E-state index in [2.05, 4.69) is 0 Å². The molecule has 1 aromatic carbocycles. The molecular formula is C11H14O4. The number of carboxylic acid groups (broad SMARTS) is 1. The third kappa shape index (κ3) is 2.47. The van der Waals surface area contributed by atoms with Gasteiger partial charge in [-0.05, 0) is 6.92 Å². The Morgan fingerprint density at radius 2 is 2.20 bits per heavy atom. The molecule has 4 nitrogen and oxygen atoms in total. The maximum atomic E-state index is 10.8. The Kier molecular flexibility index (Phi) is 3.68. The number of para-hydroxylation sites is 1. The molecule has 1 rings (SSSR count). The fourth-order valence-electron chi connectivity index (χ4n) is 1.37. The van der Waals surface area contributed by atoms with Crippen LogP contribution in [0.1, 0.15) is 24.0 Å². The van der Waals surface area contributed by atoms with E-state index in [0.29, 0.717) is 11.1 Å². The Labute approximate surface area is 88.1 Å². The summed E-state index contributed by atoms with van der Waals surface area (Å²) in [6.45, 7) is 1.81. The summed E-state index contributed by atoms with van der Waals surface area (Å²) in [5, 5.41) is 18.6. The van der Waals surface area contributed by atoms with Crippen LogP contribution in [0.2, 0.25) is 0 Å². The topological polar surface area (TPSA) is 66.8 Å². The van der Waals surface area contributed by atoms with E-state index in [-0.39, 0.29) is 12.4 Å². The van der Waals surface area contributed by atoms with Gasteiger partial charge in [-0.25, -0.2) is 0 Å². The first-order valence-electron chi connectivity index (χ1n) is 4.60. The van der Waals surface area contributed by atoms with Crippen LogP contribution < -0.4 is 0 Å². The summed E-state index contributed by atoms with van der Waals surface area (Å²) in [6.07, 6.45) is 0. The lowest BCUT2D eigenvalue weighted by molar-refractivity contribution is -0.138. The molecule has 1 unspecified atom stereocenters. The van der Waals surface area contributed by atoms with Crippen molar-refractivity contribution < 1.29 is 19.7 Å². The van der Waals surface area contributed by atoms with Crippen LogP contribution in [0, 0.1) is 0 Å². The number of phenols is 1. The van der Waals surface area contributed by atoms with Crippen molar-refractivity contribution in [3.63, 3.8) is 0 Å². The number of aromatic hydroxyl groups is 1. The summed E-state index contributed by atoms with van der Waals surface area (Å²) in [7, 11) is 1.52. The Hall–Kier alpha value is -1.55. The molecule has 0 radical (unpaired) electrons. The number of benzene rings is 1. The van der Waals surface area contributed by atoms with E-state index >= 15 is 0 Å². The zero-order chi connectivity index (χ0) is 11.4. The Balaban J connectivity index is 3.08. The van der Waals surface area contributed by atoms with Crippen molar-refractivity contribution in [1.82, 2.24) is 0 Å². The van der Waals surface area contributed by atoms with Gasteiger partial charge in [-0.1, -0.05) is 18.2 Å². The van der Waals surface area contributed by atoms with E-state index in [1.165, 1.54) is 14.0 Å². The van der Waals surface area contributed by atoms with Crippen molar-refractivity contribution in [3.05, 3.63) is 29.3 Å². The summed E-state index contributed by atoms with van der Waals surface area (Å²) < 4.78 is 4.90. The minimum absolute atomic E-state index is 0.00856. The number of aliphatic carboxylic acids is 1. The van der Waals surface area contributed by atoms with Crippen LogP contribution in [0.15, 0.2) is 18.2 Å². The predicted octanol–water partition coefficient (Wildman–Crippen LogP) is 1.73. The highest BCUT2D eigenvalue weighted by atomic mass is 16.5. The van der Waals surface area contributed by atoms with E-state index in [1.807, 2.05) is 0 Å². The predicted molar refractivity (Wildman–Crippen MR) is 54.9 cm³/mol. The molecule has 0 saturated carbocycles. The molecule has 0 spiro atoms. The third-order valence-corrected chi connectivity index (χ3v) is 2.29. The molecule has 0 bridgehead atoms. The lowest BCUT2D eigenvalue weighted by Crippen LogP contribution is -2.08. The van der Waals surface area contributed by atoms with Gasteiger partial charge in [0.25, 0.3) is 0 Å². The quantitative estimate of drug-likeness (QED) is 0.794. The average Bonchev–Trinajstić information content (AvgIpc) is 2.20. The number of ether oxygens (including phenoxy) is 1. The number of carbonyl (C=O) groups is 1. The van der Waals surface area contributed by atoms with Crippen LogP contribution in [-0.4, -0.2) is 23.3 Å². The number of rotatable bonds is 4. The molecule has 0 aliphatic carbocycles. The second-order valence-corrected chi connectivity index (χ2v) is 3.35. The van der Waals surface area contributed by atoms with Crippen molar-refractivity contribution in [2.75, 3.05) is 7.11 Å². The normalized spacial score (nSPS) is 12.4. The smallest absolute Gasteiger partial charge is 0.310 e. The van der Waals surface area contributed by atoms with Crippen LogP contribution >= 0.6 is 0 Å². The fraction of sp³-hybridized carbons (Fsp3) is 0.364. The second kappa shape index (κ2) is 4.79. The molecule has 0 saturated heterocycles. The summed E-state index contributed by atoms with van der Waals surface area (Å²) in [6, 6.07) is 5.02. The molecule has 2 N–H and O–H groups in total. The minimum Gasteiger partial charge on any atom is -0.507 e. The summed E-state index contributed by atoms with van der Waals surface area (Å²) in [5.41, 5.74) is 1.01. The number of hydrogen-bond acceptors (Lipinski definition) is 3. The molecular weight excluding hydrogens is 196 g/mol. The van der Waals surface area contributed by atoms with E-state index in [1.54, 1.807) is 18.2 Å². The number of hydrogen-bond donors (Lipinski definition) is 2. The van der Waals surface area contributed by atoms with Crippen molar-refractivity contribution >= 4 is 5.97 Å². The monoisotopic (exact) mass is 210 g/mol. The fourth-order valence-corrected chi connectivity index (χ4v) is 1.37. The van der Waals surface area contributed by atoms with Crippen LogP contribution in [-0.2, 0) is 16.1 Å². The van der Waals surface area contributed by atoms with Gasteiger partial charge in [0, 0.05) is 18.2 Å². The Morgan fingerprint density at radius 3 is 2.73 bits per heavy atom. The highest BCUT2D eigenvalue weighted by Gasteiger charge is 2.18. The maximum absolute atomic E-state index is 10.8. The number of carboxylic acids is 1. The molecule has 15 heavy (non-hydrogen) atoms. The van der Waals surface area contributed by atoms with Gasteiger partial charge in [-0.3, -0.25) is 4.79 Å².